The van der Waals surface area contributed by atoms with Gasteiger partial charge in [-0.2, -0.15) is 13.2 Å². The normalized spacial score (nSPS) is 17.7. The van der Waals surface area contributed by atoms with Crippen LogP contribution in [0.15, 0.2) is 41.4 Å². The van der Waals surface area contributed by atoms with E-state index in [4.69, 9.17) is 0 Å². The number of piperidine rings is 1. The Kier molecular flexibility index (Phi) is 7.60. The standard InChI is InChI=1S/C26H28F4N4O4S/c1-16-12-18(23(35)33(2)3)5-4-17(16)6-11-39(37,38)34-9-7-25(8-10-34)24(36)31-22(32-25)19-13-20(26(28,29)30)15-21(27)14-19/h4-5,12-15H,6-11H2,1-3H3,(H,31,32,36). The van der Waals surface area contributed by atoms with Gasteiger partial charge in [0.1, 0.15) is 17.2 Å². The number of hydrogen-bond acceptors (Lipinski definition) is 5. The molecule has 0 aromatic heterocycles. The summed E-state index contributed by atoms with van der Waals surface area (Å²) in [6.45, 7) is 1.81. The van der Waals surface area contributed by atoms with Crippen molar-refractivity contribution in [3.8, 4) is 0 Å². The molecule has 2 aromatic rings. The molecule has 1 N–H and O–H groups in total. The third-order valence-electron chi connectivity index (χ3n) is 7.05. The molecule has 1 saturated heterocycles. The van der Waals surface area contributed by atoms with E-state index in [0.717, 1.165) is 17.2 Å². The number of amides is 2. The highest BCUT2D eigenvalue weighted by Gasteiger charge is 2.47. The number of nitrogens with one attached hydrogen (secondary N) is 1. The lowest BCUT2D eigenvalue weighted by Gasteiger charge is -2.34. The summed E-state index contributed by atoms with van der Waals surface area (Å²) < 4.78 is 80.6. The summed E-state index contributed by atoms with van der Waals surface area (Å²) in [5.41, 5.74) is -0.654. The summed E-state index contributed by atoms with van der Waals surface area (Å²) in [5, 5.41) is 2.44. The quantitative estimate of drug-likeness (QED) is 0.542. The number of halogens is 4. The second-order valence-corrected chi connectivity index (χ2v) is 12.1. The second kappa shape index (κ2) is 10.3. The Morgan fingerprint density at radius 1 is 1.13 bits per heavy atom. The van der Waals surface area contributed by atoms with Crippen molar-refractivity contribution in [2.75, 3.05) is 32.9 Å². The van der Waals surface area contributed by atoms with Crippen LogP contribution in [0.5, 0.6) is 0 Å². The number of hydrogen-bond donors (Lipinski definition) is 1. The molecule has 2 heterocycles. The lowest BCUT2D eigenvalue weighted by molar-refractivity contribution is -0.137. The van der Waals surface area contributed by atoms with Gasteiger partial charge in [-0.3, -0.25) is 14.6 Å². The van der Waals surface area contributed by atoms with Crippen LogP contribution in [0.3, 0.4) is 0 Å². The molecular formula is C26H28F4N4O4S. The number of aryl methyl sites for hydroxylation is 2. The van der Waals surface area contributed by atoms with E-state index in [1.807, 2.05) is 6.92 Å². The monoisotopic (exact) mass is 568 g/mol. The topological polar surface area (TPSA) is 99.2 Å². The van der Waals surface area contributed by atoms with Gasteiger partial charge in [0, 0.05) is 38.3 Å². The molecule has 2 aliphatic rings. The molecule has 0 saturated carbocycles. The van der Waals surface area contributed by atoms with Crippen molar-refractivity contribution in [3.05, 3.63) is 70.0 Å². The lowest BCUT2D eigenvalue weighted by Crippen LogP contribution is -2.50. The van der Waals surface area contributed by atoms with Crippen molar-refractivity contribution in [3.63, 3.8) is 0 Å². The summed E-state index contributed by atoms with van der Waals surface area (Å²) in [6, 6.07) is 7.05. The Bertz CT molecular complexity index is 1450. The highest BCUT2D eigenvalue weighted by Crippen LogP contribution is 2.34. The highest BCUT2D eigenvalue weighted by molar-refractivity contribution is 7.89. The van der Waals surface area contributed by atoms with Gasteiger partial charge >= 0.3 is 6.18 Å². The Hall–Kier alpha value is -3.32. The van der Waals surface area contributed by atoms with Gasteiger partial charge in [0.2, 0.25) is 10.0 Å². The first-order valence-corrected chi connectivity index (χ1v) is 13.8. The maximum absolute atomic E-state index is 13.9. The minimum absolute atomic E-state index is 0.00125. The van der Waals surface area contributed by atoms with Crippen molar-refractivity contribution in [1.82, 2.24) is 14.5 Å². The largest absolute Gasteiger partial charge is 0.416 e. The minimum Gasteiger partial charge on any atom is -0.345 e. The van der Waals surface area contributed by atoms with Gasteiger partial charge in [-0.15, -0.1) is 0 Å². The molecule has 210 valence electrons. The average Bonchev–Trinajstić information content (AvgIpc) is 3.17. The van der Waals surface area contributed by atoms with Gasteiger partial charge in [0.25, 0.3) is 11.8 Å². The van der Waals surface area contributed by atoms with Crippen LogP contribution in [0.2, 0.25) is 0 Å². The minimum atomic E-state index is -4.78. The number of rotatable bonds is 6. The molecule has 8 nitrogen and oxygen atoms in total. The summed E-state index contributed by atoms with van der Waals surface area (Å²) in [6.07, 6.45) is -4.48. The van der Waals surface area contributed by atoms with Crippen LogP contribution in [0, 0.1) is 12.7 Å². The predicted octanol–water partition coefficient (Wildman–Crippen LogP) is 3.14. The number of benzene rings is 2. The van der Waals surface area contributed by atoms with Gasteiger partial charge in [0.15, 0.2) is 0 Å². The number of nitrogens with zero attached hydrogens (tertiary/aromatic N) is 3. The third kappa shape index (κ3) is 5.98. The molecule has 2 aromatic carbocycles. The Labute approximate surface area is 223 Å². The van der Waals surface area contributed by atoms with E-state index in [2.05, 4.69) is 10.3 Å². The first-order chi connectivity index (χ1) is 18.1. The van der Waals surface area contributed by atoms with Gasteiger partial charge in [-0.1, -0.05) is 6.07 Å². The van der Waals surface area contributed by atoms with Crippen LogP contribution >= 0.6 is 0 Å². The highest BCUT2D eigenvalue weighted by atomic mass is 32.2. The van der Waals surface area contributed by atoms with E-state index in [0.29, 0.717) is 17.7 Å². The van der Waals surface area contributed by atoms with Gasteiger partial charge in [0.05, 0.1) is 11.3 Å². The molecule has 0 aliphatic carbocycles. The summed E-state index contributed by atoms with van der Waals surface area (Å²) in [4.78, 5) is 30.7. The van der Waals surface area contributed by atoms with Crippen LogP contribution in [0.4, 0.5) is 17.6 Å². The Morgan fingerprint density at radius 3 is 2.38 bits per heavy atom. The Balaban J connectivity index is 1.44. The molecule has 0 radical (unpaired) electrons. The van der Waals surface area contributed by atoms with Crippen molar-refractivity contribution in [2.45, 2.75) is 37.9 Å². The molecule has 2 amide bonds. The van der Waals surface area contributed by atoms with Crippen molar-refractivity contribution < 1.29 is 35.6 Å². The van der Waals surface area contributed by atoms with E-state index in [9.17, 15) is 35.6 Å². The molecule has 0 atom stereocenters. The SMILES string of the molecule is Cc1cc(C(=O)N(C)C)ccc1CCS(=O)(=O)N1CCC2(CC1)N=C(c1cc(F)cc(C(F)(F)F)c1)NC2=O. The fourth-order valence-electron chi connectivity index (χ4n) is 4.75. The van der Waals surface area contributed by atoms with Gasteiger partial charge < -0.3 is 10.2 Å². The predicted molar refractivity (Wildman–Crippen MR) is 136 cm³/mol. The number of sulfonamides is 1. The number of carbonyl (C=O) groups excluding carboxylic acids is 2. The average molecular weight is 569 g/mol. The van der Waals surface area contributed by atoms with E-state index in [1.54, 1.807) is 32.3 Å². The molecular weight excluding hydrogens is 540 g/mol. The molecule has 1 spiro atoms. The molecule has 0 bridgehead atoms. The molecule has 2 aliphatic heterocycles. The van der Waals surface area contributed by atoms with Crippen molar-refractivity contribution in [1.29, 1.82) is 0 Å². The molecule has 0 unspecified atom stereocenters. The fraction of sp³-hybridized carbons (Fsp3) is 0.423. The van der Waals surface area contributed by atoms with E-state index >= 15 is 0 Å². The zero-order valence-corrected chi connectivity index (χ0v) is 22.4. The van der Waals surface area contributed by atoms with Crippen molar-refractivity contribution >= 4 is 27.7 Å². The van der Waals surface area contributed by atoms with Crippen LogP contribution in [0.25, 0.3) is 0 Å². The van der Waals surface area contributed by atoms with E-state index in [-0.39, 0.29) is 55.4 Å². The van der Waals surface area contributed by atoms with Gasteiger partial charge in [-0.25, -0.2) is 17.1 Å². The zero-order chi connectivity index (χ0) is 28.8. The van der Waals surface area contributed by atoms with Crippen LogP contribution in [-0.4, -0.2) is 73.7 Å². The summed E-state index contributed by atoms with van der Waals surface area (Å²) in [7, 11) is -0.399. The van der Waals surface area contributed by atoms with Crippen LogP contribution in [0.1, 0.15) is 45.5 Å². The third-order valence-corrected chi connectivity index (χ3v) is 8.92. The first-order valence-electron chi connectivity index (χ1n) is 12.2. The maximum Gasteiger partial charge on any atom is 0.416 e. The van der Waals surface area contributed by atoms with E-state index in [1.165, 1.54) is 9.21 Å². The number of aliphatic imine (C=N–C) groups is 1. The molecule has 39 heavy (non-hydrogen) atoms. The van der Waals surface area contributed by atoms with E-state index < -0.39 is 39.0 Å². The second-order valence-electron chi connectivity index (χ2n) is 9.98. The summed E-state index contributed by atoms with van der Waals surface area (Å²) >= 11 is 0. The van der Waals surface area contributed by atoms with Crippen LogP contribution in [-0.2, 0) is 27.4 Å². The number of amidine groups is 1. The fourth-order valence-corrected chi connectivity index (χ4v) is 6.23. The Morgan fingerprint density at radius 2 is 1.79 bits per heavy atom. The molecule has 1 fully saturated rings. The lowest BCUT2D eigenvalue weighted by atomic mass is 9.89. The molecule has 13 heteroatoms. The molecule has 4 rings (SSSR count). The summed E-state index contributed by atoms with van der Waals surface area (Å²) in [5.74, 6) is -2.18. The first kappa shape index (κ1) is 28.7. The van der Waals surface area contributed by atoms with Crippen LogP contribution < -0.4 is 5.32 Å². The maximum atomic E-state index is 13.9. The zero-order valence-electron chi connectivity index (χ0n) is 21.6. The number of carbonyl (C=O) groups is 2. The number of alkyl halides is 3. The van der Waals surface area contributed by atoms with Crippen molar-refractivity contribution in [2.24, 2.45) is 4.99 Å². The smallest absolute Gasteiger partial charge is 0.345 e. The van der Waals surface area contributed by atoms with Gasteiger partial charge in [-0.05, 0) is 67.6 Å².